The average molecular weight is 288 g/mol. The van der Waals surface area contributed by atoms with Gasteiger partial charge in [0.1, 0.15) is 11.5 Å². The van der Waals surface area contributed by atoms with Crippen molar-refractivity contribution in [2.45, 2.75) is 6.42 Å². The fourth-order valence-corrected chi connectivity index (χ4v) is 2.07. The Morgan fingerprint density at radius 1 is 0.762 bits per heavy atom. The SMILES string of the molecule is COc1ccc(CCOc2ccccc2OC)c(OC)c1. The highest BCUT2D eigenvalue weighted by Gasteiger charge is 2.07. The lowest BCUT2D eigenvalue weighted by atomic mass is 10.1. The molecule has 21 heavy (non-hydrogen) atoms. The van der Waals surface area contributed by atoms with Gasteiger partial charge in [0.15, 0.2) is 11.5 Å². The molecule has 0 amide bonds. The van der Waals surface area contributed by atoms with E-state index in [-0.39, 0.29) is 0 Å². The summed E-state index contributed by atoms with van der Waals surface area (Å²) in [4.78, 5) is 0. The highest BCUT2D eigenvalue weighted by molar-refractivity contribution is 5.41. The minimum absolute atomic E-state index is 0.545. The summed E-state index contributed by atoms with van der Waals surface area (Å²) in [6, 6.07) is 13.4. The second-order valence-corrected chi connectivity index (χ2v) is 4.43. The van der Waals surface area contributed by atoms with Crippen LogP contribution in [0.15, 0.2) is 42.5 Å². The van der Waals surface area contributed by atoms with Crippen molar-refractivity contribution in [1.82, 2.24) is 0 Å². The van der Waals surface area contributed by atoms with Crippen molar-refractivity contribution in [3.63, 3.8) is 0 Å². The van der Waals surface area contributed by atoms with Gasteiger partial charge in [0, 0.05) is 12.5 Å². The summed E-state index contributed by atoms with van der Waals surface area (Å²) in [6.45, 7) is 0.545. The molecule has 0 saturated heterocycles. The molecule has 0 saturated carbocycles. The van der Waals surface area contributed by atoms with Crippen LogP contribution in [0.25, 0.3) is 0 Å². The fourth-order valence-electron chi connectivity index (χ4n) is 2.07. The van der Waals surface area contributed by atoms with Crippen molar-refractivity contribution >= 4 is 0 Å². The standard InChI is InChI=1S/C17H20O4/c1-18-14-9-8-13(17(12-14)20-3)10-11-21-16-7-5-4-6-15(16)19-2/h4-9,12H,10-11H2,1-3H3. The summed E-state index contributed by atoms with van der Waals surface area (Å²) < 4.78 is 21.6. The minimum atomic E-state index is 0.545. The molecule has 0 aliphatic carbocycles. The van der Waals surface area contributed by atoms with Crippen LogP contribution in [-0.4, -0.2) is 27.9 Å². The maximum atomic E-state index is 5.78. The van der Waals surface area contributed by atoms with E-state index in [4.69, 9.17) is 18.9 Å². The highest BCUT2D eigenvalue weighted by atomic mass is 16.5. The second-order valence-electron chi connectivity index (χ2n) is 4.43. The molecular weight excluding hydrogens is 268 g/mol. The van der Waals surface area contributed by atoms with Gasteiger partial charge >= 0.3 is 0 Å². The number of ether oxygens (including phenoxy) is 4. The van der Waals surface area contributed by atoms with E-state index in [1.165, 1.54) is 0 Å². The van der Waals surface area contributed by atoms with Crippen LogP contribution < -0.4 is 18.9 Å². The van der Waals surface area contributed by atoms with Gasteiger partial charge in [-0.1, -0.05) is 18.2 Å². The Hall–Kier alpha value is -2.36. The summed E-state index contributed by atoms with van der Waals surface area (Å²) >= 11 is 0. The molecule has 0 unspecified atom stereocenters. The molecule has 4 nitrogen and oxygen atoms in total. The predicted octanol–water partition coefficient (Wildman–Crippen LogP) is 3.33. The third kappa shape index (κ3) is 3.81. The first kappa shape index (κ1) is 15.0. The molecule has 0 spiro atoms. The molecule has 0 heterocycles. The van der Waals surface area contributed by atoms with E-state index < -0.39 is 0 Å². The molecule has 0 fully saturated rings. The molecule has 2 aromatic carbocycles. The normalized spacial score (nSPS) is 10.0. The first-order valence-corrected chi connectivity index (χ1v) is 6.75. The van der Waals surface area contributed by atoms with Crippen LogP contribution in [-0.2, 0) is 6.42 Å². The Morgan fingerprint density at radius 3 is 2.14 bits per heavy atom. The molecule has 4 heteroatoms. The first-order chi connectivity index (χ1) is 10.3. The maximum Gasteiger partial charge on any atom is 0.161 e. The number of rotatable bonds is 7. The van der Waals surface area contributed by atoms with E-state index in [1.54, 1.807) is 21.3 Å². The molecule has 2 aromatic rings. The summed E-state index contributed by atoms with van der Waals surface area (Å²) in [5, 5.41) is 0. The summed E-state index contributed by atoms with van der Waals surface area (Å²) in [6.07, 6.45) is 0.741. The van der Waals surface area contributed by atoms with Crippen molar-refractivity contribution in [2.75, 3.05) is 27.9 Å². The zero-order chi connectivity index (χ0) is 15.1. The smallest absolute Gasteiger partial charge is 0.161 e. The number of para-hydroxylation sites is 2. The van der Waals surface area contributed by atoms with Crippen molar-refractivity contribution in [3.8, 4) is 23.0 Å². The molecule has 0 aromatic heterocycles. The van der Waals surface area contributed by atoms with Gasteiger partial charge in [0.25, 0.3) is 0 Å². The number of hydrogen-bond acceptors (Lipinski definition) is 4. The molecule has 0 aliphatic heterocycles. The van der Waals surface area contributed by atoms with Gasteiger partial charge in [-0.15, -0.1) is 0 Å². The molecular formula is C17H20O4. The lowest BCUT2D eigenvalue weighted by Gasteiger charge is -2.12. The molecule has 0 atom stereocenters. The van der Waals surface area contributed by atoms with Crippen LogP contribution in [0.2, 0.25) is 0 Å². The Balaban J connectivity index is 2.00. The summed E-state index contributed by atoms with van der Waals surface area (Å²) in [5.41, 5.74) is 1.08. The van der Waals surface area contributed by atoms with Crippen LogP contribution in [0.5, 0.6) is 23.0 Å². The number of methoxy groups -OCH3 is 3. The molecule has 2 rings (SSSR count). The molecule has 0 N–H and O–H groups in total. The van der Waals surface area contributed by atoms with Crippen LogP contribution >= 0.6 is 0 Å². The van der Waals surface area contributed by atoms with Crippen molar-refractivity contribution in [3.05, 3.63) is 48.0 Å². The monoisotopic (exact) mass is 288 g/mol. The van der Waals surface area contributed by atoms with Crippen LogP contribution in [0.1, 0.15) is 5.56 Å². The lowest BCUT2D eigenvalue weighted by molar-refractivity contribution is 0.295. The third-order valence-electron chi connectivity index (χ3n) is 3.19. The zero-order valence-electron chi connectivity index (χ0n) is 12.6. The average Bonchev–Trinajstić information content (AvgIpc) is 2.55. The van der Waals surface area contributed by atoms with Crippen molar-refractivity contribution < 1.29 is 18.9 Å². The number of benzene rings is 2. The lowest BCUT2D eigenvalue weighted by Crippen LogP contribution is -2.04. The van der Waals surface area contributed by atoms with Crippen molar-refractivity contribution in [1.29, 1.82) is 0 Å². The Bertz CT molecular complexity index is 581. The Morgan fingerprint density at radius 2 is 1.48 bits per heavy atom. The summed E-state index contributed by atoms with van der Waals surface area (Å²) in [5.74, 6) is 3.06. The van der Waals surface area contributed by atoms with Gasteiger partial charge in [0.05, 0.1) is 27.9 Å². The van der Waals surface area contributed by atoms with E-state index >= 15 is 0 Å². The van der Waals surface area contributed by atoms with E-state index in [9.17, 15) is 0 Å². The Labute approximate surface area is 125 Å². The molecule has 0 aliphatic rings. The summed E-state index contributed by atoms with van der Waals surface area (Å²) in [7, 11) is 4.92. The van der Waals surface area contributed by atoms with Gasteiger partial charge in [-0.25, -0.2) is 0 Å². The van der Waals surface area contributed by atoms with E-state index in [2.05, 4.69) is 0 Å². The largest absolute Gasteiger partial charge is 0.497 e. The van der Waals surface area contributed by atoms with E-state index in [1.807, 2.05) is 42.5 Å². The van der Waals surface area contributed by atoms with Crippen LogP contribution in [0.4, 0.5) is 0 Å². The predicted molar refractivity (Wildman–Crippen MR) is 81.7 cm³/mol. The number of hydrogen-bond donors (Lipinski definition) is 0. The van der Waals surface area contributed by atoms with E-state index in [0.717, 1.165) is 35.0 Å². The maximum absolute atomic E-state index is 5.78. The van der Waals surface area contributed by atoms with Gasteiger partial charge in [-0.2, -0.15) is 0 Å². The van der Waals surface area contributed by atoms with E-state index in [0.29, 0.717) is 6.61 Å². The molecule has 0 bridgehead atoms. The quantitative estimate of drug-likeness (QED) is 0.783. The molecule has 112 valence electrons. The van der Waals surface area contributed by atoms with Gasteiger partial charge < -0.3 is 18.9 Å². The van der Waals surface area contributed by atoms with Crippen LogP contribution in [0.3, 0.4) is 0 Å². The topological polar surface area (TPSA) is 36.9 Å². The van der Waals surface area contributed by atoms with Crippen molar-refractivity contribution in [2.24, 2.45) is 0 Å². The molecule has 0 radical (unpaired) electrons. The first-order valence-electron chi connectivity index (χ1n) is 6.75. The fraction of sp³-hybridized carbons (Fsp3) is 0.294. The van der Waals surface area contributed by atoms with Gasteiger partial charge in [0.2, 0.25) is 0 Å². The Kier molecular flexibility index (Phi) is 5.32. The highest BCUT2D eigenvalue weighted by Crippen LogP contribution is 2.27. The zero-order valence-corrected chi connectivity index (χ0v) is 12.6. The van der Waals surface area contributed by atoms with Gasteiger partial charge in [-0.3, -0.25) is 0 Å². The van der Waals surface area contributed by atoms with Crippen LogP contribution in [0, 0.1) is 0 Å². The third-order valence-corrected chi connectivity index (χ3v) is 3.19. The van der Waals surface area contributed by atoms with Gasteiger partial charge in [-0.05, 0) is 23.8 Å². The second kappa shape index (κ2) is 7.43. The minimum Gasteiger partial charge on any atom is -0.497 e.